The molecule has 2 unspecified atom stereocenters. The van der Waals surface area contributed by atoms with Crippen LogP contribution in [0.3, 0.4) is 0 Å². The number of oxime groups is 1. The van der Waals surface area contributed by atoms with E-state index in [1.165, 1.54) is 12.1 Å². The molecule has 0 radical (unpaired) electrons. The van der Waals surface area contributed by atoms with E-state index in [2.05, 4.69) is 9.99 Å². The molecule has 5 nitrogen and oxygen atoms in total. The van der Waals surface area contributed by atoms with Gasteiger partial charge in [0.1, 0.15) is 0 Å². The largest absolute Gasteiger partial charge is 0.458 e. The van der Waals surface area contributed by atoms with Gasteiger partial charge in [-0.15, -0.1) is 0 Å². The maximum Gasteiger partial charge on any atom is 0.458 e. The van der Waals surface area contributed by atoms with Crippen LogP contribution in [0.25, 0.3) is 0 Å². The van der Waals surface area contributed by atoms with Crippen molar-refractivity contribution in [3.8, 4) is 0 Å². The van der Waals surface area contributed by atoms with Crippen molar-refractivity contribution in [2.75, 3.05) is 0 Å². The first-order valence-electron chi connectivity index (χ1n) is 7.56. The van der Waals surface area contributed by atoms with Crippen LogP contribution in [0.1, 0.15) is 17.5 Å². The molecular formula is C17H15F3N2O3S. The second-order valence-corrected chi connectivity index (χ2v) is 8.03. The maximum atomic E-state index is 12.7. The van der Waals surface area contributed by atoms with Crippen LogP contribution in [-0.4, -0.2) is 27.0 Å². The Morgan fingerprint density at radius 2 is 1.77 bits per heavy atom. The molecule has 0 fully saturated rings. The summed E-state index contributed by atoms with van der Waals surface area (Å²) in [5.74, 6) is -3.34. The normalized spacial score (nSPS) is 22.4. The van der Waals surface area contributed by atoms with Crippen LogP contribution in [0.2, 0.25) is 0 Å². The van der Waals surface area contributed by atoms with E-state index in [1.807, 2.05) is 0 Å². The fourth-order valence-electron chi connectivity index (χ4n) is 2.48. The molecule has 138 valence electrons. The van der Waals surface area contributed by atoms with Gasteiger partial charge in [-0.3, -0.25) is 0 Å². The quantitative estimate of drug-likeness (QED) is 0.844. The highest BCUT2D eigenvalue weighted by molar-refractivity contribution is 7.91. The molecular weight excluding hydrogens is 369 g/mol. The molecule has 2 N–H and O–H groups in total. The second-order valence-electron chi connectivity index (χ2n) is 5.92. The van der Waals surface area contributed by atoms with Gasteiger partial charge < -0.3 is 9.94 Å². The summed E-state index contributed by atoms with van der Waals surface area (Å²) in [4.78, 5) is 4.59. The summed E-state index contributed by atoms with van der Waals surface area (Å²) < 4.78 is 58.9. The van der Waals surface area contributed by atoms with Gasteiger partial charge in [-0.05, 0) is 23.3 Å². The molecule has 2 aromatic rings. The minimum atomic E-state index is -4.95. The van der Waals surface area contributed by atoms with Crippen LogP contribution in [0.5, 0.6) is 0 Å². The summed E-state index contributed by atoms with van der Waals surface area (Å²) in [6.07, 6.45) is -5.76. The molecule has 2 atom stereocenters. The Bertz CT molecular complexity index is 926. The Kier molecular flexibility index (Phi) is 4.53. The van der Waals surface area contributed by atoms with E-state index in [9.17, 15) is 22.5 Å². The van der Waals surface area contributed by atoms with Crippen molar-refractivity contribution in [1.29, 1.82) is 4.78 Å². The van der Waals surface area contributed by atoms with E-state index in [4.69, 9.17) is 4.78 Å². The zero-order chi connectivity index (χ0) is 19.0. The molecule has 26 heavy (non-hydrogen) atoms. The fourth-order valence-corrected chi connectivity index (χ4v) is 3.91. The summed E-state index contributed by atoms with van der Waals surface area (Å²) in [5.41, 5.74) is 0.916. The Morgan fingerprint density at radius 3 is 2.31 bits per heavy atom. The van der Waals surface area contributed by atoms with Crippen LogP contribution >= 0.6 is 0 Å². The lowest BCUT2D eigenvalue weighted by molar-refractivity contribution is -0.355. The van der Waals surface area contributed by atoms with Crippen LogP contribution in [0.15, 0.2) is 64.6 Å². The number of nitrogens with zero attached hydrogens (tertiary/aromatic N) is 1. The molecule has 1 heterocycles. The van der Waals surface area contributed by atoms with Crippen LogP contribution in [0, 0.1) is 4.78 Å². The lowest BCUT2D eigenvalue weighted by Crippen LogP contribution is -2.45. The summed E-state index contributed by atoms with van der Waals surface area (Å²) in [6.45, 7) is 0. The molecule has 0 bridgehead atoms. The topological polar surface area (TPSA) is 82.7 Å². The molecule has 0 amide bonds. The lowest BCUT2D eigenvalue weighted by atomic mass is 10.0. The van der Waals surface area contributed by atoms with Gasteiger partial charge in [-0.1, -0.05) is 47.6 Å². The van der Waals surface area contributed by atoms with Crippen molar-refractivity contribution in [2.45, 2.75) is 29.0 Å². The third kappa shape index (κ3) is 3.58. The van der Waals surface area contributed by atoms with Gasteiger partial charge in [0.2, 0.25) is 0 Å². The van der Waals surface area contributed by atoms with Gasteiger partial charge in [0, 0.05) is 4.90 Å². The van der Waals surface area contributed by atoms with E-state index in [-0.39, 0.29) is 11.5 Å². The number of halogens is 3. The minimum absolute atomic E-state index is 0.0211. The first kappa shape index (κ1) is 18.4. The Hall–Kier alpha value is -2.39. The van der Waals surface area contributed by atoms with Gasteiger partial charge in [0.15, 0.2) is 0 Å². The third-order valence-electron chi connectivity index (χ3n) is 3.94. The van der Waals surface area contributed by atoms with Gasteiger partial charge >= 0.3 is 12.0 Å². The summed E-state index contributed by atoms with van der Waals surface area (Å²) in [5, 5.41) is 12.8. The average molecular weight is 384 g/mol. The van der Waals surface area contributed by atoms with Crippen molar-refractivity contribution in [3.05, 3.63) is 65.7 Å². The molecule has 0 aromatic heterocycles. The molecule has 1 aliphatic rings. The van der Waals surface area contributed by atoms with Crippen LogP contribution in [-0.2, 0) is 20.3 Å². The number of aliphatic hydroxyl groups is 1. The highest BCUT2D eigenvalue weighted by Crippen LogP contribution is 2.38. The lowest BCUT2D eigenvalue weighted by Gasteiger charge is -2.22. The SMILES string of the molecule is N=S(=O)(Cc1ccc(C2=NOC(O)(C(F)(F)F)C2)cc1)c1ccccc1. The Labute approximate surface area is 148 Å². The van der Waals surface area contributed by atoms with E-state index < -0.39 is 28.1 Å². The smallest absolute Gasteiger partial charge is 0.350 e. The number of benzene rings is 2. The third-order valence-corrected chi connectivity index (χ3v) is 5.71. The van der Waals surface area contributed by atoms with Crippen LogP contribution < -0.4 is 0 Å². The van der Waals surface area contributed by atoms with Crippen LogP contribution in [0.4, 0.5) is 13.2 Å². The number of hydrogen-bond acceptors (Lipinski definition) is 5. The average Bonchev–Trinajstić information content (AvgIpc) is 3.00. The number of hydrogen-bond donors (Lipinski definition) is 2. The molecule has 0 saturated heterocycles. The highest BCUT2D eigenvalue weighted by atomic mass is 32.2. The molecule has 9 heteroatoms. The van der Waals surface area contributed by atoms with Gasteiger partial charge in [-0.25, -0.2) is 8.99 Å². The van der Waals surface area contributed by atoms with E-state index in [0.29, 0.717) is 16.0 Å². The van der Waals surface area contributed by atoms with Gasteiger partial charge in [0.05, 0.1) is 27.6 Å². The highest BCUT2D eigenvalue weighted by Gasteiger charge is 2.60. The number of rotatable bonds is 4. The zero-order valence-corrected chi connectivity index (χ0v) is 14.2. The van der Waals surface area contributed by atoms with E-state index in [1.54, 1.807) is 42.5 Å². The molecule has 0 saturated carbocycles. The number of alkyl halides is 3. The van der Waals surface area contributed by atoms with Gasteiger partial charge in [-0.2, -0.15) is 13.2 Å². The standard InChI is InChI=1S/C17H15F3N2O3S/c18-17(19,20)16(23)10-15(22-25-16)13-8-6-12(7-9-13)11-26(21,24)14-4-2-1-3-5-14/h1-9,21,23H,10-11H2. The zero-order valence-electron chi connectivity index (χ0n) is 13.4. The van der Waals surface area contributed by atoms with E-state index in [0.717, 1.165) is 0 Å². The molecule has 0 aliphatic carbocycles. The Balaban J connectivity index is 1.74. The Morgan fingerprint density at radius 1 is 1.15 bits per heavy atom. The van der Waals surface area contributed by atoms with Gasteiger partial charge in [0.25, 0.3) is 0 Å². The first-order chi connectivity index (χ1) is 12.1. The fraction of sp³-hybridized carbons (Fsp3) is 0.235. The molecule has 3 rings (SSSR count). The first-order valence-corrected chi connectivity index (χ1v) is 9.28. The van der Waals surface area contributed by atoms with Crippen molar-refractivity contribution < 1.29 is 27.3 Å². The predicted molar refractivity (Wildman–Crippen MR) is 89.0 cm³/mol. The van der Waals surface area contributed by atoms with Crippen molar-refractivity contribution in [1.82, 2.24) is 0 Å². The van der Waals surface area contributed by atoms with Crippen molar-refractivity contribution in [2.24, 2.45) is 5.16 Å². The number of nitrogens with one attached hydrogen (secondary N) is 1. The monoisotopic (exact) mass is 384 g/mol. The second kappa shape index (κ2) is 6.40. The van der Waals surface area contributed by atoms with Crippen molar-refractivity contribution >= 4 is 15.4 Å². The van der Waals surface area contributed by atoms with E-state index >= 15 is 0 Å². The summed E-state index contributed by atoms with van der Waals surface area (Å²) >= 11 is 0. The molecule has 0 spiro atoms. The van der Waals surface area contributed by atoms with Crippen molar-refractivity contribution in [3.63, 3.8) is 0 Å². The summed E-state index contributed by atoms with van der Waals surface area (Å²) in [7, 11) is -3.03. The predicted octanol–water partition coefficient (Wildman–Crippen LogP) is 3.67. The summed E-state index contributed by atoms with van der Waals surface area (Å²) in [6, 6.07) is 14.5. The molecule has 1 aliphatic heterocycles. The molecule has 2 aromatic carbocycles. The maximum absolute atomic E-state index is 12.7. The minimum Gasteiger partial charge on any atom is -0.350 e.